The first kappa shape index (κ1) is 20.7. The summed E-state index contributed by atoms with van der Waals surface area (Å²) in [6.45, 7) is 0. The Kier molecular flexibility index (Phi) is 5.60. The van der Waals surface area contributed by atoms with E-state index in [9.17, 15) is 0 Å². The fourth-order valence-corrected chi connectivity index (χ4v) is 6.14. The second kappa shape index (κ2) is 9.18. The molecular formula is C30H20N2S2. The molecule has 0 radical (unpaired) electrons. The molecule has 6 rings (SSSR count). The van der Waals surface area contributed by atoms with Gasteiger partial charge in [0.15, 0.2) is 0 Å². The third kappa shape index (κ3) is 4.21. The number of thiophene rings is 2. The van der Waals surface area contributed by atoms with E-state index in [0.29, 0.717) is 0 Å². The number of hydrogen-bond donors (Lipinski definition) is 0. The lowest BCUT2D eigenvalue weighted by Crippen LogP contribution is -1.79. The van der Waals surface area contributed by atoms with Crippen LogP contribution in [0.5, 0.6) is 0 Å². The number of pyridine rings is 2. The molecule has 0 spiro atoms. The zero-order valence-electron chi connectivity index (χ0n) is 18.3. The van der Waals surface area contributed by atoms with E-state index >= 15 is 0 Å². The van der Waals surface area contributed by atoms with Crippen LogP contribution in [0.4, 0.5) is 0 Å². The van der Waals surface area contributed by atoms with Crippen molar-refractivity contribution in [1.82, 2.24) is 9.97 Å². The zero-order valence-corrected chi connectivity index (χ0v) is 19.9. The van der Waals surface area contributed by atoms with Crippen molar-refractivity contribution in [2.75, 3.05) is 0 Å². The minimum Gasteiger partial charge on any atom is -0.265 e. The van der Waals surface area contributed by atoms with E-state index in [1.807, 2.05) is 47.5 Å². The van der Waals surface area contributed by atoms with Crippen LogP contribution in [0.3, 0.4) is 0 Å². The van der Waals surface area contributed by atoms with Gasteiger partial charge in [-0.25, -0.2) is 0 Å². The summed E-state index contributed by atoms with van der Waals surface area (Å²) in [6.07, 6.45) is 7.36. The van der Waals surface area contributed by atoms with Gasteiger partial charge in [0.1, 0.15) is 0 Å². The van der Waals surface area contributed by atoms with Crippen molar-refractivity contribution in [3.8, 4) is 52.9 Å². The highest BCUT2D eigenvalue weighted by molar-refractivity contribution is 7.25. The Morgan fingerprint density at radius 1 is 0.353 bits per heavy atom. The Hall–Kier alpha value is -3.86. The molecule has 34 heavy (non-hydrogen) atoms. The quantitative estimate of drug-likeness (QED) is 0.250. The van der Waals surface area contributed by atoms with Gasteiger partial charge in [-0.3, -0.25) is 9.97 Å². The van der Waals surface area contributed by atoms with Crippen molar-refractivity contribution in [3.63, 3.8) is 0 Å². The number of nitrogens with zero attached hydrogens (tertiary/aromatic N) is 2. The maximum Gasteiger partial charge on any atom is 0.0449 e. The molecule has 4 aromatic heterocycles. The van der Waals surface area contributed by atoms with Crippen LogP contribution in [0.25, 0.3) is 52.9 Å². The summed E-state index contributed by atoms with van der Waals surface area (Å²) >= 11 is 3.69. The van der Waals surface area contributed by atoms with E-state index in [0.717, 1.165) is 0 Å². The fourth-order valence-electron chi connectivity index (χ4n) is 4.04. The van der Waals surface area contributed by atoms with Gasteiger partial charge in [-0.05, 0) is 94.0 Å². The third-order valence-electron chi connectivity index (χ3n) is 5.78. The molecule has 2 aromatic carbocycles. The molecule has 0 amide bonds. The molecule has 0 unspecified atom stereocenters. The van der Waals surface area contributed by atoms with Crippen molar-refractivity contribution < 1.29 is 0 Å². The van der Waals surface area contributed by atoms with Crippen LogP contribution in [-0.2, 0) is 0 Å². The maximum atomic E-state index is 4.13. The number of rotatable bonds is 5. The Morgan fingerprint density at radius 3 is 1.18 bits per heavy atom. The van der Waals surface area contributed by atoms with Crippen molar-refractivity contribution >= 4 is 22.7 Å². The molecule has 4 heteroatoms. The van der Waals surface area contributed by atoms with Crippen LogP contribution in [0, 0.1) is 0 Å². The van der Waals surface area contributed by atoms with Crippen LogP contribution in [0.2, 0.25) is 0 Å². The maximum absolute atomic E-state index is 4.13. The fraction of sp³-hybridized carbons (Fsp3) is 0. The standard InChI is InChI=1S/C30H20N2S2/c1-3-23(21-11-15-31-16-12-21)19-25(5-1)27-7-9-29(33-27)30-10-8-28(34-30)26-6-2-4-24(20-26)22-13-17-32-18-14-22/h1-20H. The van der Waals surface area contributed by atoms with Gasteiger partial charge >= 0.3 is 0 Å². The molecule has 6 aromatic rings. The molecule has 2 nitrogen and oxygen atoms in total. The first-order chi connectivity index (χ1) is 16.8. The van der Waals surface area contributed by atoms with Crippen LogP contribution in [0.1, 0.15) is 0 Å². The summed E-state index contributed by atoms with van der Waals surface area (Å²) in [5, 5.41) is 0. The van der Waals surface area contributed by atoms with E-state index in [2.05, 4.69) is 107 Å². The molecular weight excluding hydrogens is 452 g/mol. The van der Waals surface area contributed by atoms with Gasteiger partial charge in [0.2, 0.25) is 0 Å². The Bertz CT molecular complexity index is 1430. The summed E-state index contributed by atoms with van der Waals surface area (Å²) in [6, 6.07) is 34.6. The van der Waals surface area contributed by atoms with Gasteiger partial charge in [0, 0.05) is 44.3 Å². The summed E-state index contributed by atoms with van der Waals surface area (Å²) in [5.74, 6) is 0. The molecule has 0 saturated heterocycles. The average Bonchev–Trinajstić information content (AvgIpc) is 3.60. The SMILES string of the molecule is c1cc(-c2ccncc2)cc(-c2ccc(-c3ccc(-c4cccc(-c5ccncc5)c4)s3)s2)c1. The molecule has 0 bridgehead atoms. The minimum atomic E-state index is 1.19. The van der Waals surface area contributed by atoms with E-state index in [-0.39, 0.29) is 0 Å². The summed E-state index contributed by atoms with van der Waals surface area (Å²) in [7, 11) is 0. The first-order valence-corrected chi connectivity index (χ1v) is 12.7. The summed E-state index contributed by atoms with van der Waals surface area (Å²) in [4.78, 5) is 13.4. The van der Waals surface area contributed by atoms with E-state index in [1.54, 1.807) is 0 Å². The molecule has 162 valence electrons. The topological polar surface area (TPSA) is 25.8 Å². The predicted molar refractivity (Wildman–Crippen MR) is 145 cm³/mol. The molecule has 4 heterocycles. The largest absolute Gasteiger partial charge is 0.265 e. The van der Waals surface area contributed by atoms with E-state index in [4.69, 9.17) is 0 Å². The smallest absolute Gasteiger partial charge is 0.0449 e. The summed E-state index contributed by atoms with van der Waals surface area (Å²) < 4.78 is 0. The second-order valence-electron chi connectivity index (χ2n) is 7.96. The molecule has 0 aliphatic heterocycles. The molecule has 0 saturated carbocycles. The first-order valence-electron chi connectivity index (χ1n) is 11.1. The lowest BCUT2D eigenvalue weighted by atomic mass is 10.0. The molecule has 0 aliphatic carbocycles. The van der Waals surface area contributed by atoms with Crippen molar-refractivity contribution in [1.29, 1.82) is 0 Å². The molecule has 0 atom stereocenters. The summed E-state index contributed by atoms with van der Waals surface area (Å²) in [5.41, 5.74) is 7.28. The Balaban J connectivity index is 1.28. The Morgan fingerprint density at radius 2 is 0.735 bits per heavy atom. The second-order valence-corrected chi connectivity index (χ2v) is 10.1. The van der Waals surface area contributed by atoms with Gasteiger partial charge in [-0.15, -0.1) is 22.7 Å². The van der Waals surface area contributed by atoms with Crippen LogP contribution < -0.4 is 0 Å². The van der Waals surface area contributed by atoms with E-state index in [1.165, 1.54) is 52.9 Å². The number of benzene rings is 2. The normalized spacial score (nSPS) is 10.9. The van der Waals surface area contributed by atoms with Gasteiger partial charge in [0.05, 0.1) is 0 Å². The number of aromatic nitrogens is 2. The number of hydrogen-bond acceptors (Lipinski definition) is 4. The Labute approximate surface area is 206 Å². The van der Waals surface area contributed by atoms with Crippen LogP contribution in [0.15, 0.2) is 122 Å². The zero-order chi connectivity index (χ0) is 22.7. The van der Waals surface area contributed by atoms with Crippen molar-refractivity contribution in [2.45, 2.75) is 0 Å². The third-order valence-corrected chi connectivity index (χ3v) is 8.24. The van der Waals surface area contributed by atoms with Crippen LogP contribution >= 0.6 is 22.7 Å². The monoisotopic (exact) mass is 472 g/mol. The van der Waals surface area contributed by atoms with Crippen molar-refractivity contribution in [3.05, 3.63) is 122 Å². The van der Waals surface area contributed by atoms with Gasteiger partial charge in [0.25, 0.3) is 0 Å². The highest BCUT2D eigenvalue weighted by atomic mass is 32.1. The van der Waals surface area contributed by atoms with Gasteiger partial charge in [-0.1, -0.05) is 36.4 Å². The predicted octanol–water partition coefficient (Wildman–Crippen LogP) is 8.93. The average molecular weight is 473 g/mol. The highest BCUT2D eigenvalue weighted by Crippen LogP contribution is 2.41. The van der Waals surface area contributed by atoms with Gasteiger partial charge in [-0.2, -0.15) is 0 Å². The lowest BCUT2D eigenvalue weighted by Gasteiger charge is -2.04. The molecule has 0 N–H and O–H groups in total. The lowest BCUT2D eigenvalue weighted by molar-refractivity contribution is 1.33. The van der Waals surface area contributed by atoms with Crippen LogP contribution in [-0.4, -0.2) is 9.97 Å². The van der Waals surface area contributed by atoms with Crippen molar-refractivity contribution in [2.24, 2.45) is 0 Å². The van der Waals surface area contributed by atoms with Gasteiger partial charge < -0.3 is 0 Å². The molecule has 0 aliphatic rings. The molecule has 0 fully saturated rings. The highest BCUT2D eigenvalue weighted by Gasteiger charge is 2.10. The van der Waals surface area contributed by atoms with E-state index < -0.39 is 0 Å². The minimum absolute atomic E-state index is 1.19.